The maximum atomic E-state index is 13.1. The molecule has 3 heteroatoms. The second-order valence-corrected chi connectivity index (χ2v) is 9.58. The fraction of sp³-hybridized carbons (Fsp3) is 0.900. The topological polar surface area (TPSA) is 54.4 Å². The summed E-state index contributed by atoms with van der Waals surface area (Å²) in [6.07, 6.45) is 8.18. The minimum absolute atomic E-state index is 0.0360. The van der Waals surface area contributed by atoms with Crippen LogP contribution in [0.15, 0.2) is 0 Å². The first-order valence-electron chi connectivity index (χ1n) is 9.53. The number of carbonyl (C=O) groups is 2. The summed E-state index contributed by atoms with van der Waals surface area (Å²) >= 11 is 0. The second kappa shape index (κ2) is 4.61. The zero-order chi connectivity index (χ0) is 16.6. The van der Waals surface area contributed by atoms with Crippen LogP contribution < -0.4 is 0 Å². The van der Waals surface area contributed by atoms with E-state index < -0.39 is 11.4 Å². The molecule has 0 unspecified atom stereocenters. The Balaban J connectivity index is 1.78. The quantitative estimate of drug-likeness (QED) is 0.784. The molecular formula is C20H30O3. The number of fused-ring (bicyclic) bond motifs is 3. The van der Waals surface area contributed by atoms with E-state index in [1.165, 1.54) is 6.42 Å². The molecule has 4 aliphatic carbocycles. The lowest BCUT2D eigenvalue weighted by Gasteiger charge is -2.62. The van der Waals surface area contributed by atoms with E-state index in [2.05, 4.69) is 13.8 Å². The predicted octanol–water partition coefficient (Wildman–Crippen LogP) is 4.30. The van der Waals surface area contributed by atoms with Crippen molar-refractivity contribution in [2.24, 2.45) is 39.9 Å². The normalized spacial score (nSPS) is 55.2. The molecular weight excluding hydrogens is 288 g/mol. The largest absolute Gasteiger partial charge is 0.481 e. The molecule has 128 valence electrons. The van der Waals surface area contributed by atoms with Crippen molar-refractivity contribution in [1.29, 1.82) is 0 Å². The number of carboxylic acids is 1. The summed E-state index contributed by atoms with van der Waals surface area (Å²) in [5.74, 6) is 1.37. The van der Waals surface area contributed by atoms with Crippen LogP contribution in [0.25, 0.3) is 0 Å². The number of carboxylic acid groups (broad SMARTS) is 1. The van der Waals surface area contributed by atoms with E-state index in [1.54, 1.807) is 0 Å². The van der Waals surface area contributed by atoms with Crippen molar-refractivity contribution in [3.05, 3.63) is 0 Å². The van der Waals surface area contributed by atoms with Gasteiger partial charge in [-0.05, 0) is 75.0 Å². The maximum absolute atomic E-state index is 13.1. The van der Waals surface area contributed by atoms with Gasteiger partial charge in [-0.25, -0.2) is 0 Å². The monoisotopic (exact) mass is 318 g/mol. The van der Waals surface area contributed by atoms with Crippen molar-refractivity contribution in [2.45, 2.75) is 72.1 Å². The van der Waals surface area contributed by atoms with Gasteiger partial charge in [0.2, 0.25) is 0 Å². The third kappa shape index (κ3) is 1.72. The summed E-state index contributed by atoms with van der Waals surface area (Å²) < 4.78 is 0. The highest BCUT2D eigenvalue weighted by molar-refractivity contribution is 5.90. The summed E-state index contributed by atoms with van der Waals surface area (Å²) in [7, 11) is 0. The van der Waals surface area contributed by atoms with Gasteiger partial charge in [0.05, 0.1) is 5.41 Å². The third-order valence-electron chi connectivity index (χ3n) is 8.87. The van der Waals surface area contributed by atoms with E-state index in [9.17, 15) is 14.7 Å². The van der Waals surface area contributed by atoms with Gasteiger partial charge in [0.1, 0.15) is 5.78 Å². The fourth-order valence-electron chi connectivity index (χ4n) is 7.73. The highest BCUT2D eigenvalue weighted by Gasteiger charge is 2.68. The Morgan fingerprint density at radius 1 is 1.09 bits per heavy atom. The van der Waals surface area contributed by atoms with Gasteiger partial charge in [0.15, 0.2) is 0 Å². The highest BCUT2D eigenvalue weighted by Crippen LogP contribution is 2.71. The Hall–Kier alpha value is -0.860. The van der Waals surface area contributed by atoms with Gasteiger partial charge >= 0.3 is 5.97 Å². The number of rotatable bonds is 1. The molecule has 0 heterocycles. The van der Waals surface area contributed by atoms with Crippen molar-refractivity contribution >= 4 is 11.8 Å². The van der Waals surface area contributed by atoms with Crippen molar-refractivity contribution in [3.8, 4) is 0 Å². The van der Waals surface area contributed by atoms with Gasteiger partial charge < -0.3 is 5.11 Å². The molecule has 1 spiro atoms. The lowest BCUT2D eigenvalue weighted by molar-refractivity contribution is -0.182. The van der Waals surface area contributed by atoms with Crippen molar-refractivity contribution < 1.29 is 14.7 Å². The van der Waals surface area contributed by atoms with Gasteiger partial charge in [-0.3, -0.25) is 9.59 Å². The first-order chi connectivity index (χ1) is 10.8. The van der Waals surface area contributed by atoms with E-state index in [1.807, 2.05) is 6.92 Å². The lowest BCUT2D eigenvalue weighted by Crippen LogP contribution is -2.59. The molecule has 2 bridgehead atoms. The van der Waals surface area contributed by atoms with E-state index in [0.717, 1.165) is 44.9 Å². The molecule has 3 nitrogen and oxygen atoms in total. The first-order valence-corrected chi connectivity index (χ1v) is 9.53. The zero-order valence-corrected chi connectivity index (χ0v) is 14.7. The Bertz CT molecular complexity index is 569. The Morgan fingerprint density at radius 3 is 2.52 bits per heavy atom. The van der Waals surface area contributed by atoms with Crippen molar-refractivity contribution in [3.63, 3.8) is 0 Å². The van der Waals surface area contributed by atoms with Crippen LogP contribution >= 0.6 is 0 Å². The molecule has 1 N–H and O–H groups in total. The van der Waals surface area contributed by atoms with Crippen LogP contribution in [0.2, 0.25) is 0 Å². The molecule has 0 saturated heterocycles. The SMILES string of the molecule is C[C@H]1C(=O)[C@]23CC[C@@H]4[C@](C)(CCC[C@]4(C)C(=O)O)[C@H]2CC[C@H]1C3. The maximum Gasteiger partial charge on any atom is 0.309 e. The van der Waals surface area contributed by atoms with Gasteiger partial charge in [-0.1, -0.05) is 20.3 Å². The number of hydrogen-bond donors (Lipinski definition) is 1. The average Bonchev–Trinajstić information content (AvgIpc) is 2.68. The van der Waals surface area contributed by atoms with Crippen LogP contribution in [0.4, 0.5) is 0 Å². The average molecular weight is 318 g/mol. The second-order valence-electron chi connectivity index (χ2n) is 9.58. The lowest BCUT2D eigenvalue weighted by atomic mass is 9.41. The van der Waals surface area contributed by atoms with Crippen molar-refractivity contribution in [2.75, 3.05) is 0 Å². The van der Waals surface area contributed by atoms with Gasteiger partial charge in [-0.2, -0.15) is 0 Å². The highest BCUT2D eigenvalue weighted by atomic mass is 16.4. The van der Waals surface area contributed by atoms with Crippen LogP contribution in [-0.2, 0) is 9.59 Å². The van der Waals surface area contributed by atoms with Crippen LogP contribution in [0, 0.1) is 39.9 Å². The van der Waals surface area contributed by atoms with E-state index in [4.69, 9.17) is 0 Å². The molecule has 4 rings (SSSR count). The summed E-state index contributed by atoms with van der Waals surface area (Å²) in [6, 6.07) is 0. The van der Waals surface area contributed by atoms with Crippen LogP contribution in [0.5, 0.6) is 0 Å². The van der Waals surface area contributed by atoms with Gasteiger partial charge in [0.25, 0.3) is 0 Å². The number of carbonyl (C=O) groups excluding carboxylic acids is 1. The minimum atomic E-state index is -0.621. The summed E-state index contributed by atoms with van der Waals surface area (Å²) in [5, 5.41) is 9.90. The molecule has 4 saturated carbocycles. The smallest absolute Gasteiger partial charge is 0.309 e. The standard InChI is InChI=1S/C20H30O3/c1-12-13-5-6-15-18(2)8-4-9-19(3,17(22)23)14(18)7-10-20(15,11-13)16(12)21/h12-15H,4-11H2,1-3H3,(H,22,23)/t12-,13+,14-,15-,18+,19+,20+/m1/s1. The molecule has 4 aliphatic rings. The molecule has 0 radical (unpaired) electrons. The van der Waals surface area contributed by atoms with Crippen LogP contribution in [0.1, 0.15) is 72.1 Å². The van der Waals surface area contributed by atoms with E-state index in [-0.39, 0.29) is 22.7 Å². The Morgan fingerprint density at radius 2 is 1.83 bits per heavy atom. The number of hydrogen-bond acceptors (Lipinski definition) is 2. The molecule has 0 aromatic rings. The van der Waals surface area contributed by atoms with Crippen LogP contribution in [0.3, 0.4) is 0 Å². The molecule has 7 atom stereocenters. The Kier molecular flexibility index (Phi) is 3.14. The zero-order valence-electron chi connectivity index (χ0n) is 14.7. The Labute approximate surface area is 139 Å². The molecule has 0 aliphatic heterocycles. The molecule has 0 aromatic carbocycles. The molecule has 0 amide bonds. The van der Waals surface area contributed by atoms with E-state index in [0.29, 0.717) is 17.6 Å². The van der Waals surface area contributed by atoms with Gasteiger partial charge in [-0.15, -0.1) is 0 Å². The number of ketones is 1. The van der Waals surface area contributed by atoms with Gasteiger partial charge in [0, 0.05) is 11.3 Å². The summed E-state index contributed by atoms with van der Waals surface area (Å²) in [5.41, 5.74) is -0.669. The van der Waals surface area contributed by atoms with E-state index >= 15 is 0 Å². The minimum Gasteiger partial charge on any atom is -0.481 e. The number of aliphatic carboxylic acids is 1. The predicted molar refractivity (Wildman–Crippen MR) is 87.9 cm³/mol. The molecule has 0 aromatic heterocycles. The molecule has 4 fully saturated rings. The fourth-order valence-corrected chi connectivity index (χ4v) is 7.73. The first kappa shape index (κ1) is 15.7. The molecule has 23 heavy (non-hydrogen) atoms. The number of Topliss-reactive ketones (excluding diaryl/α,β-unsaturated/α-hetero) is 1. The summed E-state index contributed by atoms with van der Waals surface area (Å²) in [6.45, 7) is 6.45. The van der Waals surface area contributed by atoms with Crippen LogP contribution in [-0.4, -0.2) is 16.9 Å². The van der Waals surface area contributed by atoms with Crippen molar-refractivity contribution in [1.82, 2.24) is 0 Å². The third-order valence-corrected chi connectivity index (χ3v) is 8.87. The summed E-state index contributed by atoms with van der Waals surface area (Å²) in [4.78, 5) is 25.2.